The third-order valence-corrected chi connectivity index (χ3v) is 3.65. The second-order valence-corrected chi connectivity index (χ2v) is 5.09. The lowest BCUT2D eigenvalue weighted by Gasteiger charge is -2.35. The monoisotopic (exact) mass is 248 g/mol. The first-order valence-electron chi connectivity index (χ1n) is 7.00. The summed E-state index contributed by atoms with van der Waals surface area (Å²) in [7, 11) is 0. The minimum absolute atomic E-state index is 0.565. The van der Waals surface area contributed by atoms with Gasteiger partial charge in [0, 0.05) is 19.1 Å². The maximum atomic E-state index is 4.70. The van der Waals surface area contributed by atoms with Gasteiger partial charge in [0.2, 0.25) is 0 Å². The molecule has 0 saturated carbocycles. The SMILES string of the molecule is CCCN(c1cnc(C)c(C)n1)C1CCCNC1. The molecule has 2 rings (SSSR count). The highest BCUT2D eigenvalue weighted by molar-refractivity contribution is 5.39. The maximum absolute atomic E-state index is 4.70. The van der Waals surface area contributed by atoms with Crippen LogP contribution in [0.3, 0.4) is 0 Å². The number of rotatable bonds is 4. The van der Waals surface area contributed by atoms with Crippen LogP contribution in [0.4, 0.5) is 5.82 Å². The summed E-state index contributed by atoms with van der Waals surface area (Å²) in [5.74, 6) is 1.04. The Balaban J connectivity index is 2.19. The average molecular weight is 248 g/mol. The molecular weight excluding hydrogens is 224 g/mol. The van der Waals surface area contributed by atoms with E-state index in [0.717, 1.165) is 43.3 Å². The second-order valence-electron chi connectivity index (χ2n) is 5.09. The summed E-state index contributed by atoms with van der Waals surface area (Å²) in [6.07, 6.45) is 5.57. The largest absolute Gasteiger partial charge is 0.351 e. The van der Waals surface area contributed by atoms with Crippen molar-refractivity contribution in [2.75, 3.05) is 24.5 Å². The molecule has 0 bridgehead atoms. The molecule has 0 spiro atoms. The van der Waals surface area contributed by atoms with E-state index in [1.54, 1.807) is 0 Å². The smallest absolute Gasteiger partial charge is 0.147 e. The lowest BCUT2D eigenvalue weighted by atomic mass is 10.1. The lowest BCUT2D eigenvalue weighted by molar-refractivity contribution is 0.428. The minimum atomic E-state index is 0.565. The molecule has 1 aliphatic rings. The van der Waals surface area contributed by atoms with Gasteiger partial charge in [-0.05, 0) is 39.7 Å². The van der Waals surface area contributed by atoms with Gasteiger partial charge in [0.1, 0.15) is 5.82 Å². The Bertz CT molecular complexity index is 385. The fourth-order valence-corrected chi connectivity index (χ4v) is 2.49. The molecule has 0 aromatic carbocycles. The van der Waals surface area contributed by atoms with Gasteiger partial charge in [-0.15, -0.1) is 0 Å². The number of nitrogens with one attached hydrogen (secondary N) is 1. The van der Waals surface area contributed by atoms with E-state index in [0.29, 0.717) is 6.04 Å². The van der Waals surface area contributed by atoms with Crippen molar-refractivity contribution in [1.82, 2.24) is 15.3 Å². The summed E-state index contributed by atoms with van der Waals surface area (Å²) in [5, 5.41) is 3.48. The normalized spacial score (nSPS) is 19.8. The molecule has 4 heteroatoms. The zero-order valence-electron chi connectivity index (χ0n) is 11.7. The van der Waals surface area contributed by atoms with Gasteiger partial charge in [-0.2, -0.15) is 0 Å². The third kappa shape index (κ3) is 2.99. The van der Waals surface area contributed by atoms with Crippen molar-refractivity contribution in [3.05, 3.63) is 17.6 Å². The topological polar surface area (TPSA) is 41.1 Å². The Morgan fingerprint density at radius 2 is 2.22 bits per heavy atom. The van der Waals surface area contributed by atoms with Gasteiger partial charge in [0.25, 0.3) is 0 Å². The molecule has 0 amide bonds. The molecule has 18 heavy (non-hydrogen) atoms. The number of aryl methyl sites for hydroxylation is 2. The molecule has 1 fully saturated rings. The number of hydrogen-bond donors (Lipinski definition) is 1. The molecule has 1 atom stereocenters. The van der Waals surface area contributed by atoms with Gasteiger partial charge in [-0.3, -0.25) is 4.98 Å². The summed E-state index contributed by atoms with van der Waals surface area (Å²) in [4.78, 5) is 11.6. The Labute approximate surface area is 110 Å². The van der Waals surface area contributed by atoms with Gasteiger partial charge in [-0.25, -0.2) is 4.98 Å². The molecule has 2 heterocycles. The molecule has 4 nitrogen and oxygen atoms in total. The molecule has 1 N–H and O–H groups in total. The van der Waals surface area contributed by atoms with Gasteiger partial charge in [0.05, 0.1) is 17.6 Å². The fraction of sp³-hybridized carbons (Fsp3) is 0.714. The number of piperidine rings is 1. The van der Waals surface area contributed by atoms with Crippen molar-refractivity contribution < 1.29 is 0 Å². The van der Waals surface area contributed by atoms with Crippen LogP contribution in [0.15, 0.2) is 6.20 Å². The van der Waals surface area contributed by atoms with E-state index in [9.17, 15) is 0 Å². The van der Waals surface area contributed by atoms with Crippen molar-refractivity contribution >= 4 is 5.82 Å². The van der Waals surface area contributed by atoms with E-state index in [1.165, 1.54) is 12.8 Å². The van der Waals surface area contributed by atoms with Crippen LogP contribution in [-0.4, -0.2) is 35.6 Å². The Morgan fingerprint density at radius 3 is 2.83 bits per heavy atom. The number of nitrogens with zero attached hydrogens (tertiary/aromatic N) is 3. The molecule has 1 saturated heterocycles. The van der Waals surface area contributed by atoms with Crippen molar-refractivity contribution in [3.63, 3.8) is 0 Å². The Hall–Kier alpha value is -1.16. The second kappa shape index (κ2) is 6.14. The fourth-order valence-electron chi connectivity index (χ4n) is 2.49. The predicted octanol–water partition coefficient (Wildman–Crippen LogP) is 2.06. The van der Waals surface area contributed by atoms with Crippen LogP contribution in [0.1, 0.15) is 37.6 Å². The highest BCUT2D eigenvalue weighted by Crippen LogP contribution is 2.19. The molecule has 1 aliphatic heterocycles. The van der Waals surface area contributed by atoms with Gasteiger partial charge >= 0.3 is 0 Å². The highest BCUT2D eigenvalue weighted by atomic mass is 15.2. The number of aromatic nitrogens is 2. The predicted molar refractivity (Wildman–Crippen MR) is 75.0 cm³/mol. The van der Waals surface area contributed by atoms with E-state index < -0.39 is 0 Å². The molecule has 0 radical (unpaired) electrons. The van der Waals surface area contributed by atoms with E-state index >= 15 is 0 Å². The van der Waals surface area contributed by atoms with E-state index in [2.05, 4.69) is 22.1 Å². The summed E-state index contributed by atoms with van der Waals surface area (Å²) in [6.45, 7) is 9.54. The first-order chi connectivity index (χ1) is 8.72. The van der Waals surface area contributed by atoms with Crippen molar-refractivity contribution in [3.8, 4) is 0 Å². The number of anilines is 1. The molecule has 1 aromatic rings. The average Bonchev–Trinajstić information content (AvgIpc) is 2.40. The van der Waals surface area contributed by atoms with Gasteiger partial charge < -0.3 is 10.2 Å². The highest BCUT2D eigenvalue weighted by Gasteiger charge is 2.21. The summed E-state index contributed by atoms with van der Waals surface area (Å²) < 4.78 is 0. The molecule has 0 aliphatic carbocycles. The zero-order valence-corrected chi connectivity index (χ0v) is 11.7. The standard InChI is InChI=1S/C14H24N4/c1-4-8-18(13-6-5-7-15-9-13)14-10-16-11(2)12(3)17-14/h10,13,15H,4-9H2,1-3H3. The van der Waals surface area contributed by atoms with Crippen LogP contribution < -0.4 is 10.2 Å². The summed E-state index contributed by atoms with van der Waals surface area (Å²) >= 11 is 0. The minimum Gasteiger partial charge on any atom is -0.351 e. The summed E-state index contributed by atoms with van der Waals surface area (Å²) in [5.41, 5.74) is 2.06. The molecule has 1 aromatic heterocycles. The van der Waals surface area contributed by atoms with Crippen molar-refractivity contribution in [2.24, 2.45) is 0 Å². The van der Waals surface area contributed by atoms with Crippen LogP contribution in [-0.2, 0) is 0 Å². The Morgan fingerprint density at radius 1 is 1.39 bits per heavy atom. The van der Waals surface area contributed by atoms with Crippen molar-refractivity contribution in [2.45, 2.75) is 46.1 Å². The Kier molecular flexibility index (Phi) is 4.53. The van der Waals surface area contributed by atoms with Gasteiger partial charge in [0.15, 0.2) is 0 Å². The van der Waals surface area contributed by atoms with E-state index in [-0.39, 0.29) is 0 Å². The van der Waals surface area contributed by atoms with E-state index in [1.807, 2.05) is 20.0 Å². The van der Waals surface area contributed by atoms with Crippen LogP contribution in [0.2, 0.25) is 0 Å². The zero-order chi connectivity index (χ0) is 13.0. The third-order valence-electron chi connectivity index (χ3n) is 3.65. The van der Waals surface area contributed by atoms with Crippen LogP contribution in [0.25, 0.3) is 0 Å². The quantitative estimate of drug-likeness (QED) is 0.885. The molecule has 1 unspecified atom stereocenters. The van der Waals surface area contributed by atoms with Crippen LogP contribution >= 0.6 is 0 Å². The van der Waals surface area contributed by atoms with E-state index in [4.69, 9.17) is 4.98 Å². The summed E-state index contributed by atoms with van der Waals surface area (Å²) in [6, 6.07) is 0.565. The molecular formula is C14H24N4. The number of hydrogen-bond acceptors (Lipinski definition) is 4. The van der Waals surface area contributed by atoms with Gasteiger partial charge in [-0.1, -0.05) is 6.92 Å². The van der Waals surface area contributed by atoms with Crippen LogP contribution in [0.5, 0.6) is 0 Å². The lowest BCUT2D eigenvalue weighted by Crippen LogP contribution is -2.47. The first kappa shape index (κ1) is 13.3. The van der Waals surface area contributed by atoms with Crippen LogP contribution in [0, 0.1) is 13.8 Å². The molecule has 100 valence electrons. The first-order valence-corrected chi connectivity index (χ1v) is 7.00. The van der Waals surface area contributed by atoms with Crippen molar-refractivity contribution in [1.29, 1.82) is 0 Å². The maximum Gasteiger partial charge on any atom is 0.147 e.